The van der Waals surface area contributed by atoms with Gasteiger partial charge < -0.3 is 4.74 Å². The predicted octanol–water partition coefficient (Wildman–Crippen LogP) is 2.20. The van der Waals surface area contributed by atoms with Crippen LogP contribution in [0.5, 0.6) is 0 Å². The summed E-state index contributed by atoms with van der Waals surface area (Å²) in [5.41, 5.74) is 0. The van der Waals surface area contributed by atoms with Gasteiger partial charge in [0.1, 0.15) is 0 Å². The molecule has 0 aliphatic carbocycles. The fraction of sp³-hybridized carbons (Fsp3) is 0.917. The van der Waals surface area contributed by atoms with E-state index < -0.39 is 0 Å². The molecule has 15 heavy (non-hydrogen) atoms. The normalized spacial score (nSPS) is 26.9. The molecule has 3 heteroatoms. The summed E-state index contributed by atoms with van der Waals surface area (Å²) in [6.45, 7) is 7.68. The van der Waals surface area contributed by atoms with E-state index in [4.69, 9.17) is 4.74 Å². The van der Waals surface area contributed by atoms with Crippen LogP contribution in [0.3, 0.4) is 0 Å². The molecular formula is C12H23NO2. The van der Waals surface area contributed by atoms with E-state index in [2.05, 4.69) is 18.7 Å². The minimum Gasteiger partial charge on any atom is -0.466 e. The summed E-state index contributed by atoms with van der Waals surface area (Å²) in [5, 5.41) is 0. The Balaban J connectivity index is 2.32. The van der Waals surface area contributed by atoms with Crippen molar-refractivity contribution < 1.29 is 9.53 Å². The quantitative estimate of drug-likeness (QED) is 0.656. The Labute approximate surface area is 92.8 Å². The first-order valence-electron chi connectivity index (χ1n) is 6.10. The minimum absolute atomic E-state index is 0.0635. The van der Waals surface area contributed by atoms with Crippen LogP contribution in [0.25, 0.3) is 0 Å². The first-order valence-corrected chi connectivity index (χ1v) is 6.10. The molecule has 3 nitrogen and oxygen atoms in total. The zero-order valence-corrected chi connectivity index (χ0v) is 10.2. The molecule has 0 saturated carbocycles. The summed E-state index contributed by atoms with van der Waals surface area (Å²) in [5.74, 6) is -0.0635. The first kappa shape index (κ1) is 12.5. The van der Waals surface area contributed by atoms with Crippen LogP contribution < -0.4 is 0 Å². The van der Waals surface area contributed by atoms with Gasteiger partial charge in [0.2, 0.25) is 0 Å². The third kappa shape index (κ3) is 3.49. The number of esters is 1. The molecule has 0 aromatic carbocycles. The summed E-state index contributed by atoms with van der Waals surface area (Å²) in [6, 6.07) is 1.30. The highest BCUT2D eigenvalue weighted by Crippen LogP contribution is 2.25. The Hall–Kier alpha value is -0.570. The Morgan fingerprint density at radius 3 is 2.73 bits per heavy atom. The number of carbonyl (C=O) groups excluding carboxylic acids is 1. The lowest BCUT2D eigenvalue weighted by Crippen LogP contribution is -2.36. The fourth-order valence-corrected chi connectivity index (χ4v) is 2.42. The van der Waals surface area contributed by atoms with Crippen LogP contribution in [0.1, 0.15) is 46.5 Å². The van der Waals surface area contributed by atoms with E-state index in [1.54, 1.807) is 0 Å². The van der Waals surface area contributed by atoms with Gasteiger partial charge in [-0.25, -0.2) is 0 Å². The Bertz CT molecular complexity index is 206. The van der Waals surface area contributed by atoms with Crippen molar-refractivity contribution in [1.82, 2.24) is 4.90 Å². The van der Waals surface area contributed by atoms with Crippen molar-refractivity contribution in [3.63, 3.8) is 0 Å². The third-order valence-electron chi connectivity index (χ3n) is 3.30. The highest BCUT2D eigenvalue weighted by molar-refractivity contribution is 5.69. The van der Waals surface area contributed by atoms with E-state index in [0.29, 0.717) is 25.1 Å². The molecule has 0 aromatic rings. The van der Waals surface area contributed by atoms with Crippen molar-refractivity contribution in [1.29, 1.82) is 0 Å². The lowest BCUT2D eigenvalue weighted by molar-refractivity contribution is -0.143. The summed E-state index contributed by atoms with van der Waals surface area (Å²) < 4.78 is 4.94. The molecule has 0 aromatic heterocycles. The van der Waals surface area contributed by atoms with Crippen LogP contribution in [-0.2, 0) is 9.53 Å². The van der Waals surface area contributed by atoms with Crippen LogP contribution in [0, 0.1) is 0 Å². The van der Waals surface area contributed by atoms with Crippen molar-refractivity contribution in [2.24, 2.45) is 0 Å². The van der Waals surface area contributed by atoms with Gasteiger partial charge in [-0.15, -0.1) is 0 Å². The van der Waals surface area contributed by atoms with Gasteiger partial charge >= 0.3 is 5.97 Å². The van der Waals surface area contributed by atoms with Gasteiger partial charge in [0.25, 0.3) is 0 Å². The van der Waals surface area contributed by atoms with Crippen molar-refractivity contribution in [2.75, 3.05) is 13.2 Å². The van der Waals surface area contributed by atoms with Crippen LogP contribution >= 0.6 is 0 Å². The molecule has 0 spiro atoms. The van der Waals surface area contributed by atoms with Gasteiger partial charge in [-0.1, -0.05) is 6.92 Å². The Morgan fingerprint density at radius 1 is 1.40 bits per heavy atom. The van der Waals surface area contributed by atoms with Crippen molar-refractivity contribution in [2.45, 2.75) is 58.5 Å². The molecule has 0 radical (unpaired) electrons. The van der Waals surface area contributed by atoms with E-state index in [1.807, 2.05) is 6.92 Å². The standard InChI is InChI=1S/C12H23NO2/c1-4-11-7-6-10(3)13(11)9-8-12(14)15-5-2/h10-11H,4-9H2,1-3H3. The van der Waals surface area contributed by atoms with Gasteiger partial charge in [-0.2, -0.15) is 0 Å². The SMILES string of the molecule is CCOC(=O)CCN1C(C)CCC1CC. The van der Waals surface area contributed by atoms with Crippen LogP contribution in [0.4, 0.5) is 0 Å². The Kier molecular flexibility index (Phi) is 5.09. The van der Waals surface area contributed by atoms with Gasteiger partial charge in [0.15, 0.2) is 0 Å². The van der Waals surface area contributed by atoms with E-state index in [1.165, 1.54) is 19.3 Å². The second kappa shape index (κ2) is 6.11. The van der Waals surface area contributed by atoms with Crippen LogP contribution in [0.15, 0.2) is 0 Å². The zero-order chi connectivity index (χ0) is 11.3. The van der Waals surface area contributed by atoms with Crippen molar-refractivity contribution >= 4 is 5.97 Å². The topological polar surface area (TPSA) is 29.5 Å². The van der Waals surface area contributed by atoms with Crippen molar-refractivity contribution in [3.05, 3.63) is 0 Å². The van der Waals surface area contributed by atoms with E-state index in [0.717, 1.165) is 6.54 Å². The summed E-state index contributed by atoms with van der Waals surface area (Å²) in [4.78, 5) is 13.7. The number of hydrogen-bond acceptors (Lipinski definition) is 3. The minimum atomic E-state index is -0.0635. The van der Waals surface area contributed by atoms with E-state index >= 15 is 0 Å². The maximum atomic E-state index is 11.3. The largest absolute Gasteiger partial charge is 0.466 e. The molecule has 1 saturated heterocycles. The molecule has 2 atom stereocenters. The number of carbonyl (C=O) groups is 1. The lowest BCUT2D eigenvalue weighted by atomic mass is 10.1. The maximum Gasteiger partial charge on any atom is 0.307 e. The molecule has 2 unspecified atom stereocenters. The second-order valence-corrected chi connectivity index (χ2v) is 4.28. The van der Waals surface area contributed by atoms with Crippen LogP contribution in [-0.4, -0.2) is 36.1 Å². The predicted molar refractivity (Wildman–Crippen MR) is 60.7 cm³/mol. The van der Waals surface area contributed by atoms with Gasteiger partial charge in [0, 0.05) is 18.6 Å². The molecule has 0 bridgehead atoms. The molecule has 88 valence electrons. The van der Waals surface area contributed by atoms with Gasteiger partial charge in [-0.05, 0) is 33.1 Å². The average molecular weight is 213 g/mol. The molecule has 1 aliphatic heterocycles. The molecule has 0 amide bonds. The number of likely N-dealkylation sites (tertiary alicyclic amines) is 1. The number of ether oxygens (including phenoxy) is 1. The summed E-state index contributed by atoms with van der Waals surface area (Å²) in [7, 11) is 0. The average Bonchev–Trinajstić information content (AvgIpc) is 2.57. The monoisotopic (exact) mass is 213 g/mol. The molecule has 1 aliphatic rings. The van der Waals surface area contributed by atoms with E-state index in [-0.39, 0.29) is 5.97 Å². The highest BCUT2D eigenvalue weighted by atomic mass is 16.5. The summed E-state index contributed by atoms with van der Waals surface area (Å²) in [6.07, 6.45) is 4.27. The Morgan fingerprint density at radius 2 is 2.13 bits per heavy atom. The second-order valence-electron chi connectivity index (χ2n) is 4.28. The van der Waals surface area contributed by atoms with Crippen molar-refractivity contribution in [3.8, 4) is 0 Å². The van der Waals surface area contributed by atoms with E-state index in [9.17, 15) is 4.79 Å². The fourth-order valence-electron chi connectivity index (χ4n) is 2.42. The molecule has 0 N–H and O–H groups in total. The summed E-state index contributed by atoms with van der Waals surface area (Å²) >= 11 is 0. The number of nitrogens with zero attached hydrogens (tertiary/aromatic N) is 1. The molecule has 1 fully saturated rings. The molecule has 1 heterocycles. The van der Waals surface area contributed by atoms with Crippen LogP contribution in [0.2, 0.25) is 0 Å². The third-order valence-corrected chi connectivity index (χ3v) is 3.30. The maximum absolute atomic E-state index is 11.3. The van der Waals surface area contributed by atoms with Gasteiger partial charge in [0.05, 0.1) is 13.0 Å². The van der Waals surface area contributed by atoms with Gasteiger partial charge in [-0.3, -0.25) is 9.69 Å². The smallest absolute Gasteiger partial charge is 0.307 e. The number of hydrogen-bond donors (Lipinski definition) is 0. The number of rotatable bonds is 5. The zero-order valence-electron chi connectivity index (χ0n) is 10.2. The lowest BCUT2D eigenvalue weighted by Gasteiger charge is -2.27. The highest BCUT2D eigenvalue weighted by Gasteiger charge is 2.29. The first-order chi connectivity index (χ1) is 7.19. The molecule has 1 rings (SSSR count). The molecular weight excluding hydrogens is 190 g/mol.